The van der Waals surface area contributed by atoms with Gasteiger partial charge in [0.25, 0.3) is 5.91 Å². The Morgan fingerprint density at radius 3 is 2.71 bits per heavy atom. The Hall–Kier alpha value is -2.36. The number of benzene rings is 1. The monoisotopic (exact) mass is 228 g/mol. The number of carbonyl (C=O) groups excluding carboxylic acids is 1. The van der Waals surface area contributed by atoms with Crippen LogP contribution in [0, 0.1) is 6.92 Å². The number of H-pyrrole nitrogens is 1. The summed E-state index contributed by atoms with van der Waals surface area (Å²) in [5.74, 6) is -0.194. The van der Waals surface area contributed by atoms with Gasteiger partial charge in [-0.15, -0.1) is 0 Å². The van der Waals surface area contributed by atoms with Crippen molar-refractivity contribution >= 4 is 11.6 Å². The number of pyridine rings is 1. The van der Waals surface area contributed by atoms with E-state index in [1.807, 2.05) is 19.1 Å². The van der Waals surface area contributed by atoms with E-state index in [1.54, 1.807) is 18.2 Å². The number of aryl methyl sites for hydroxylation is 1. The van der Waals surface area contributed by atoms with Gasteiger partial charge in [-0.1, -0.05) is 17.7 Å². The fourth-order valence-electron chi connectivity index (χ4n) is 1.48. The maximum absolute atomic E-state index is 11.8. The molecule has 0 saturated carbocycles. The minimum atomic E-state index is -0.196. The molecule has 1 aromatic carbocycles. The van der Waals surface area contributed by atoms with Crippen LogP contribution in [0.5, 0.6) is 0 Å². The summed E-state index contributed by atoms with van der Waals surface area (Å²) in [5, 5.41) is 2.70. The molecule has 17 heavy (non-hydrogen) atoms. The molecule has 0 radical (unpaired) electrons. The van der Waals surface area contributed by atoms with Crippen molar-refractivity contribution in [2.75, 3.05) is 5.32 Å². The van der Waals surface area contributed by atoms with Gasteiger partial charge in [-0.25, -0.2) is 0 Å². The van der Waals surface area contributed by atoms with Crippen molar-refractivity contribution in [2.24, 2.45) is 0 Å². The molecule has 2 aromatic rings. The number of rotatable bonds is 2. The van der Waals surface area contributed by atoms with Crippen LogP contribution in [0.2, 0.25) is 0 Å². The third-order valence-corrected chi connectivity index (χ3v) is 2.32. The topological polar surface area (TPSA) is 62.0 Å². The number of amides is 1. The number of hydrogen-bond donors (Lipinski definition) is 2. The Morgan fingerprint density at radius 1 is 1.24 bits per heavy atom. The van der Waals surface area contributed by atoms with Crippen LogP contribution in [0.4, 0.5) is 5.69 Å². The highest BCUT2D eigenvalue weighted by Crippen LogP contribution is 2.08. The van der Waals surface area contributed by atoms with E-state index in [1.165, 1.54) is 12.3 Å². The first kappa shape index (κ1) is 11.1. The van der Waals surface area contributed by atoms with Crippen molar-refractivity contribution in [1.82, 2.24) is 4.98 Å². The Morgan fingerprint density at radius 2 is 2.06 bits per heavy atom. The van der Waals surface area contributed by atoms with E-state index >= 15 is 0 Å². The Labute approximate surface area is 98.3 Å². The van der Waals surface area contributed by atoms with Gasteiger partial charge in [-0.3, -0.25) is 9.59 Å². The fourth-order valence-corrected chi connectivity index (χ4v) is 1.48. The van der Waals surface area contributed by atoms with Crippen molar-refractivity contribution in [2.45, 2.75) is 6.92 Å². The van der Waals surface area contributed by atoms with Crippen LogP contribution in [0.1, 0.15) is 15.9 Å². The third-order valence-electron chi connectivity index (χ3n) is 2.32. The van der Waals surface area contributed by atoms with E-state index in [4.69, 9.17) is 0 Å². The van der Waals surface area contributed by atoms with E-state index in [-0.39, 0.29) is 11.5 Å². The van der Waals surface area contributed by atoms with Gasteiger partial charge >= 0.3 is 0 Å². The third kappa shape index (κ3) is 2.81. The summed E-state index contributed by atoms with van der Waals surface area (Å²) in [7, 11) is 0. The predicted molar refractivity (Wildman–Crippen MR) is 66.2 cm³/mol. The quantitative estimate of drug-likeness (QED) is 0.825. The number of nitrogens with one attached hydrogen (secondary N) is 2. The van der Waals surface area contributed by atoms with Gasteiger partial charge in [-0.2, -0.15) is 0 Å². The summed E-state index contributed by atoms with van der Waals surface area (Å²) < 4.78 is 0. The number of anilines is 1. The Balaban J connectivity index is 2.17. The van der Waals surface area contributed by atoms with E-state index in [9.17, 15) is 9.59 Å². The van der Waals surface area contributed by atoms with Gasteiger partial charge in [-0.05, 0) is 25.1 Å². The standard InChI is InChI=1S/C13H12N2O2/c1-9-3-2-4-10(7-9)13(17)15-11-5-6-12(16)14-8-11/h2-8H,1H3,(H,14,16)(H,15,17). The molecule has 0 atom stereocenters. The number of carbonyl (C=O) groups is 1. The number of hydrogen-bond acceptors (Lipinski definition) is 2. The second-order valence-corrected chi connectivity index (χ2v) is 3.77. The van der Waals surface area contributed by atoms with Crippen LogP contribution in [-0.4, -0.2) is 10.9 Å². The summed E-state index contributed by atoms with van der Waals surface area (Å²) in [5.41, 5.74) is 1.99. The van der Waals surface area contributed by atoms with Crippen LogP contribution in [0.25, 0.3) is 0 Å². The molecule has 0 unspecified atom stereocenters. The van der Waals surface area contributed by atoms with E-state index < -0.39 is 0 Å². The molecule has 0 aliphatic rings. The molecule has 1 heterocycles. The lowest BCUT2D eigenvalue weighted by Gasteiger charge is -2.05. The molecule has 4 heteroatoms. The van der Waals surface area contributed by atoms with Crippen LogP contribution in [0.15, 0.2) is 47.4 Å². The molecule has 4 nitrogen and oxygen atoms in total. The number of aromatic amines is 1. The first-order chi connectivity index (χ1) is 8.15. The summed E-state index contributed by atoms with van der Waals surface area (Å²) in [6.45, 7) is 1.93. The van der Waals surface area contributed by atoms with Gasteiger partial charge < -0.3 is 10.3 Å². The first-order valence-electron chi connectivity index (χ1n) is 5.22. The van der Waals surface area contributed by atoms with Crippen molar-refractivity contribution in [3.05, 3.63) is 64.1 Å². The van der Waals surface area contributed by atoms with E-state index in [2.05, 4.69) is 10.3 Å². The smallest absolute Gasteiger partial charge is 0.255 e. The highest BCUT2D eigenvalue weighted by molar-refractivity contribution is 6.04. The molecule has 1 amide bonds. The average molecular weight is 228 g/mol. The molecule has 0 fully saturated rings. The van der Waals surface area contributed by atoms with Gasteiger partial charge in [0.15, 0.2) is 0 Å². The summed E-state index contributed by atoms with van der Waals surface area (Å²) in [4.78, 5) is 25.2. The predicted octanol–water partition coefficient (Wildman–Crippen LogP) is 1.94. The lowest BCUT2D eigenvalue weighted by atomic mass is 10.1. The molecular weight excluding hydrogens is 216 g/mol. The lowest BCUT2D eigenvalue weighted by molar-refractivity contribution is 0.102. The Bertz CT molecular complexity index is 582. The molecule has 0 bridgehead atoms. The maximum atomic E-state index is 11.8. The van der Waals surface area contributed by atoms with Gasteiger partial charge in [0.1, 0.15) is 0 Å². The van der Waals surface area contributed by atoms with Crippen molar-refractivity contribution in [3.8, 4) is 0 Å². The van der Waals surface area contributed by atoms with Crippen LogP contribution in [0.3, 0.4) is 0 Å². The van der Waals surface area contributed by atoms with Gasteiger partial charge in [0.2, 0.25) is 5.56 Å². The molecule has 0 aliphatic heterocycles. The second kappa shape index (κ2) is 4.65. The second-order valence-electron chi connectivity index (χ2n) is 3.77. The minimum absolute atomic E-state index is 0.194. The SMILES string of the molecule is Cc1cccc(C(=O)Nc2ccc(=O)[nH]c2)c1. The molecule has 2 rings (SSSR count). The highest BCUT2D eigenvalue weighted by atomic mass is 16.1. The van der Waals surface area contributed by atoms with Crippen molar-refractivity contribution < 1.29 is 4.79 Å². The van der Waals surface area contributed by atoms with Crippen molar-refractivity contribution in [1.29, 1.82) is 0 Å². The molecule has 86 valence electrons. The molecule has 0 aliphatic carbocycles. The maximum Gasteiger partial charge on any atom is 0.255 e. The summed E-state index contributed by atoms with van der Waals surface area (Å²) >= 11 is 0. The molecule has 0 saturated heterocycles. The van der Waals surface area contributed by atoms with Gasteiger partial charge in [0.05, 0.1) is 5.69 Å². The van der Waals surface area contributed by atoms with Crippen molar-refractivity contribution in [3.63, 3.8) is 0 Å². The molecular formula is C13H12N2O2. The normalized spacial score (nSPS) is 9.94. The highest BCUT2D eigenvalue weighted by Gasteiger charge is 2.05. The first-order valence-corrected chi connectivity index (χ1v) is 5.22. The number of aromatic nitrogens is 1. The van der Waals surface area contributed by atoms with Gasteiger partial charge in [0, 0.05) is 17.8 Å². The zero-order chi connectivity index (χ0) is 12.3. The summed E-state index contributed by atoms with van der Waals surface area (Å²) in [6.07, 6.45) is 1.47. The Kier molecular flexibility index (Phi) is 3.05. The minimum Gasteiger partial charge on any atom is -0.327 e. The zero-order valence-corrected chi connectivity index (χ0v) is 9.36. The van der Waals surface area contributed by atoms with Crippen LogP contribution >= 0.6 is 0 Å². The lowest BCUT2D eigenvalue weighted by Crippen LogP contribution is -2.13. The van der Waals surface area contributed by atoms with Crippen LogP contribution in [-0.2, 0) is 0 Å². The molecule has 2 N–H and O–H groups in total. The van der Waals surface area contributed by atoms with E-state index in [0.717, 1.165) is 5.56 Å². The van der Waals surface area contributed by atoms with E-state index in [0.29, 0.717) is 11.3 Å². The molecule has 0 spiro atoms. The summed E-state index contributed by atoms with van der Waals surface area (Å²) in [6, 6.07) is 10.2. The zero-order valence-electron chi connectivity index (χ0n) is 9.36. The largest absolute Gasteiger partial charge is 0.327 e. The fraction of sp³-hybridized carbons (Fsp3) is 0.0769. The van der Waals surface area contributed by atoms with Crippen LogP contribution < -0.4 is 10.9 Å². The molecule has 1 aromatic heterocycles. The average Bonchev–Trinajstić information content (AvgIpc) is 2.32.